The fraction of sp³-hybridized carbons (Fsp3) is 0.588. The van der Waals surface area contributed by atoms with E-state index in [0.29, 0.717) is 12.5 Å². The van der Waals surface area contributed by atoms with Crippen LogP contribution < -0.4 is 5.56 Å². The van der Waals surface area contributed by atoms with Crippen LogP contribution in [-0.2, 0) is 25.9 Å². The van der Waals surface area contributed by atoms with Gasteiger partial charge in [0.1, 0.15) is 5.76 Å². The van der Waals surface area contributed by atoms with Crippen molar-refractivity contribution in [2.45, 2.75) is 45.7 Å². The Morgan fingerprint density at radius 1 is 1.26 bits per heavy atom. The molecular weight excluding hydrogens is 292 g/mol. The van der Waals surface area contributed by atoms with Gasteiger partial charge in [-0.1, -0.05) is 0 Å². The number of aromatic nitrogens is 3. The third-order valence-electron chi connectivity index (χ3n) is 4.71. The van der Waals surface area contributed by atoms with Crippen molar-refractivity contribution in [1.29, 1.82) is 0 Å². The predicted molar refractivity (Wildman–Crippen MR) is 85.1 cm³/mol. The number of oxazole rings is 1. The van der Waals surface area contributed by atoms with Gasteiger partial charge in [0.2, 0.25) is 5.89 Å². The molecule has 1 saturated heterocycles. The van der Waals surface area contributed by atoms with Crippen LogP contribution in [0.2, 0.25) is 0 Å². The van der Waals surface area contributed by atoms with Crippen LogP contribution in [0.3, 0.4) is 0 Å². The van der Waals surface area contributed by atoms with Crippen LogP contribution in [0.1, 0.15) is 35.9 Å². The minimum Gasteiger partial charge on any atom is -0.444 e. The van der Waals surface area contributed by atoms with E-state index >= 15 is 0 Å². The molecule has 2 aromatic rings. The first-order valence-corrected chi connectivity index (χ1v) is 8.42. The number of hydrogen-bond acceptors (Lipinski definition) is 5. The fourth-order valence-electron chi connectivity index (χ4n) is 3.51. The number of aryl methyl sites for hydroxylation is 3. The van der Waals surface area contributed by atoms with Gasteiger partial charge in [-0.15, -0.1) is 0 Å². The van der Waals surface area contributed by atoms with Crippen molar-refractivity contribution in [2.75, 3.05) is 13.1 Å². The first kappa shape index (κ1) is 14.6. The van der Waals surface area contributed by atoms with Gasteiger partial charge in [-0.05, 0) is 32.3 Å². The first-order valence-electron chi connectivity index (χ1n) is 8.42. The van der Waals surface area contributed by atoms with Gasteiger partial charge in [0.05, 0.1) is 24.5 Å². The highest BCUT2D eigenvalue weighted by Crippen LogP contribution is 2.24. The van der Waals surface area contributed by atoms with Crippen LogP contribution in [0, 0.1) is 12.8 Å². The Morgan fingerprint density at radius 2 is 2.09 bits per heavy atom. The molecule has 1 fully saturated rings. The van der Waals surface area contributed by atoms with Crippen molar-refractivity contribution in [3.05, 3.63) is 45.5 Å². The molecule has 0 bridgehead atoms. The van der Waals surface area contributed by atoms with Crippen molar-refractivity contribution in [2.24, 2.45) is 5.92 Å². The summed E-state index contributed by atoms with van der Waals surface area (Å²) < 4.78 is 7.47. The molecule has 122 valence electrons. The van der Waals surface area contributed by atoms with Gasteiger partial charge in [0.15, 0.2) is 0 Å². The lowest BCUT2D eigenvalue weighted by molar-refractivity contribution is 0.0676. The fourth-order valence-corrected chi connectivity index (χ4v) is 3.51. The molecule has 6 nitrogen and oxygen atoms in total. The quantitative estimate of drug-likeness (QED) is 0.857. The van der Waals surface area contributed by atoms with Gasteiger partial charge < -0.3 is 4.42 Å². The molecule has 0 spiro atoms. The summed E-state index contributed by atoms with van der Waals surface area (Å²) >= 11 is 0. The summed E-state index contributed by atoms with van der Waals surface area (Å²) in [5, 5.41) is 4.30. The highest BCUT2D eigenvalue weighted by Gasteiger charge is 2.29. The van der Waals surface area contributed by atoms with E-state index in [1.165, 1.54) is 18.5 Å². The molecule has 1 aliphatic heterocycles. The van der Waals surface area contributed by atoms with E-state index < -0.39 is 0 Å². The Morgan fingerprint density at radius 3 is 2.91 bits per heavy atom. The number of fused-ring (bicyclic) bond motifs is 1. The first-order chi connectivity index (χ1) is 11.2. The molecule has 0 N–H and O–H groups in total. The minimum absolute atomic E-state index is 0.0190. The maximum atomic E-state index is 11.8. The summed E-state index contributed by atoms with van der Waals surface area (Å²) in [6, 6.07) is 3.35. The topological polar surface area (TPSA) is 64.2 Å². The standard InChI is InChI=1S/C17H22N4O2/c1-12-6-7-17(22)21(19-12)10-13-8-20(9-13)11-16-18-14-4-2-3-5-15(14)23-16/h6-7,13H,2-5,8-11H2,1H3. The van der Waals surface area contributed by atoms with E-state index in [1.54, 1.807) is 16.8 Å². The highest BCUT2D eigenvalue weighted by molar-refractivity contribution is 5.13. The predicted octanol–water partition coefficient (Wildman–Crippen LogP) is 1.55. The Balaban J connectivity index is 1.32. The lowest BCUT2D eigenvalue weighted by Gasteiger charge is -2.38. The molecule has 6 heteroatoms. The van der Waals surface area contributed by atoms with Crippen molar-refractivity contribution < 1.29 is 4.42 Å². The van der Waals surface area contributed by atoms with E-state index in [0.717, 1.165) is 49.8 Å². The average Bonchev–Trinajstić information content (AvgIpc) is 2.91. The van der Waals surface area contributed by atoms with E-state index in [9.17, 15) is 4.79 Å². The monoisotopic (exact) mass is 314 g/mol. The van der Waals surface area contributed by atoms with Gasteiger partial charge in [-0.2, -0.15) is 5.10 Å². The number of hydrogen-bond donors (Lipinski definition) is 0. The average molecular weight is 314 g/mol. The molecule has 1 aliphatic carbocycles. The molecule has 23 heavy (non-hydrogen) atoms. The van der Waals surface area contributed by atoms with Gasteiger partial charge >= 0.3 is 0 Å². The Bertz CT molecular complexity index is 735. The lowest BCUT2D eigenvalue weighted by Crippen LogP contribution is -2.48. The van der Waals surface area contributed by atoms with Crippen LogP contribution in [0.15, 0.2) is 21.3 Å². The normalized spacial score (nSPS) is 18.7. The maximum Gasteiger partial charge on any atom is 0.266 e. The smallest absolute Gasteiger partial charge is 0.266 e. The van der Waals surface area contributed by atoms with Crippen LogP contribution >= 0.6 is 0 Å². The van der Waals surface area contributed by atoms with Crippen LogP contribution in [0.25, 0.3) is 0 Å². The number of nitrogens with zero attached hydrogens (tertiary/aromatic N) is 4. The molecule has 0 amide bonds. The van der Waals surface area contributed by atoms with Gasteiger partial charge in [-0.25, -0.2) is 9.67 Å². The molecule has 3 heterocycles. The van der Waals surface area contributed by atoms with E-state index in [2.05, 4.69) is 15.0 Å². The third-order valence-corrected chi connectivity index (χ3v) is 4.71. The van der Waals surface area contributed by atoms with E-state index in [4.69, 9.17) is 4.42 Å². The maximum absolute atomic E-state index is 11.8. The summed E-state index contributed by atoms with van der Waals surface area (Å²) in [7, 11) is 0. The zero-order valence-corrected chi connectivity index (χ0v) is 13.5. The molecule has 0 saturated carbocycles. The Hall–Kier alpha value is -1.95. The second-order valence-electron chi connectivity index (χ2n) is 6.74. The number of rotatable bonds is 4. The summed E-state index contributed by atoms with van der Waals surface area (Å²) in [4.78, 5) is 18.7. The summed E-state index contributed by atoms with van der Waals surface area (Å²) in [5.74, 6) is 2.42. The van der Waals surface area contributed by atoms with Crippen LogP contribution in [0.5, 0.6) is 0 Å². The Kier molecular flexibility index (Phi) is 3.77. The third kappa shape index (κ3) is 3.08. The molecule has 4 rings (SSSR count). The molecule has 2 aliphatic rings. The van der Waals surface area contributed by atoms with E-state index in [-0.39, 0.29) is 5.56 Å². The minimum atomic E-state index is -0.0190. The van der Waals surface area contributed by atoms with Crippen LogP contribution in [0.4, 0.5) is 0 Å². The Labute approximate surface area is 135 Å². The van der Waals surface area contributed by atoms with Gasteiger partial charge in [0, 0.05) is 31.5 Å². The molecule has 2 aromatic heterocycles. The van der Waals surface area contributed by atoms with Crippen molar-refractivity contribution >= 4 is 0 Å². The van der Waals surface area contributed by atoms with Crippen molar-refractivity contribution in [3.63, 3.8) is 0 Å². The molecular formula is C17H22N4O2. The zero-order chi connectivity index (χ0) is 15.8. The molecule has 0 atom stereocenters. The second-order valence-corrected chi connectivity index (χ2v) is 6.74. The van der Waals surface area contributed by atoms with Gasteiger partial charge in [0.25, 0.3) is 5.56 Å². The summed E-state index contributed by atoms with van der Waals surface area (Å²) in [5.41, 5.74) is 2.03. The van der Waals surface area contributed by atoms with Gasteiger partial charge in [-0.3, -0.25) is 9.69 Å². The van der Waals surface area contributed by atoms with E-state index in [1.807, 2.05) is 6.92 Å². The summed E-state index contributed by atoms with van der Waals surface area (Å²) in [6.07, 6.45) is 4.53. The highest BCUT2D eigenvalue weighted by atomic mass is 16.4. The number of likely N-dealkylation sites (tertiary alicyclic amines) is 1. The lowest BCUT2D eigenvalue weighted by atomic mass is 10.0. The van der Waals surface area contributed by atoms with Crippen molar-refractivity contribution in [3.8, 4) is 0 Å². The summed E-state index contributed by atoms with van der Waals surface area (Å²) in [6.45, 7) is 5.32. The van der Waals surface area contributed by atoms with Crippen molar-refractivity contribution in [1.82, 2.24) is 19.7 Å². The zero-order valence-electron chi connectivity index (χ0n) is 13.5. The largest absolute Gasteiger partial charge is 0.444 e. The second kappa shape index (κ2) is 5.92. The molecule has 0 aromatic carbocycles. The molecule has 0 unspecified atom stereocenters. The SMILES string of the molecule is Cc1ccc(=O)n(CC2CN(Cc3nc4c(o3)CCCC4)C2)n1. The van der Waals surface area contributed by atoms with Crippen LogP contribution in [-0.4, -0.2) is 32.8 Å². The molecule has 0 radical (unpaired) electrons.